The third-order valence-electron chi connectivity index (χ3n) is 5.90. The number of amides is 1. The Morgan fingerprint density at radius 3 is 2.36 bits per heavy atom. The van der Waals surface area contributed by atoms with E-state index < -0.39 is 21.6 Å². The van der Waals surface area contributed by atoms with Gasteiger partial charge in [-0.15, -0.1) is 0 Å². The maximum atomic E-state index is 13.1. The normalized spacial score (nSPS) is 23.1. The molecule has 2 saturated heterocycles. The van der Waals surface area contributed by atoms with Gasteiger partial charge in [-0.25, -0.2) is 8.42 Å². The maximum absolute atomic E-state index is 13.1. The largest absolute Gasteiger partial charge is 0.416 e. The Balaban J connectivity index is 1.45. The second kappa shape index (κ2) is 8.43. The first-order valence-electron chi connectivity index (χ1n) is 9.77. The molecule has 0 N–H and O–H groups in total. The molecule has 0 saturated carbocycles. The van der Waals surface area contributed by atoms with Gasteiger partial charge in [-0.1, -0.05) is 18.2 Å². The Labute approximate surface area is 164 Å². The molecule has 8 heteroatoms. The highest BCUT2D eigenvalue weighted by atomic mass is 32.2. The summed E-state index contributed by atoms with van der Waals surface area (Å²) in [4.78, 5) is 14.2. The van der Waals surface area contributed by atoms with Crippen LogP contribution in [0.25, 0.3) is 0 Å². The van der Waals surface area contributed by atoms with Crippen LogP contribution in [0.3, 0.4) is 0 Å². The van der Waals surface area contributed by atoms with Gasteiger partial charge in [0.15, 0.2) is 9.84 Å². The molecule has 2 aliphatic rings. The number of piperidine rings is 1. The van der Waals surface area contributed by atoms with E-state index in [0.717, 1.165) is 18.9 Å². The molecule has 156 valence electrons. The summed E-state index contributed by atoms with van der Waals surface area (Å²) in [6.07, 6.45) is -0.873. The van der Waals surface area contributed by atoms with E-state index in [-0.39, 0.29) is 29.8 Å². The van der Waals surface area contributed by atoms with Crippen molar-refractivity contribution in [3.05, 3.63) is 35.4 Å². The van der Waals surface area contributed by atoms with Crippen LogP contribution in [-0.4, -0.2) is 43.8 Å². The molecule has 2 aliphatic heterocycles. The van der Waals surface area contributed by atoms with Crippen molar-refractivity contribution >= 4 is 15.7 Å². The third kappa shape index (κ3) is 5.49. The van der Waals surface area contributed by atoms with E-state index in [0.29, 0.717) is 43.8 Å². The number of hydrogen-bond acceptors (Lipinski definition) is 3. The Morgan fingerprint density at radius 1 is 1.07 bits per heavy atom. The summed E-state index contributed by atoms with van der Waals surface area (Å²) in [5, 5.41) is 0. The van der Waals surface area contributed by atoms with Gasteiger partial charge in [0.1, 0.15) is 0 Å². The van der Waals surface area contributed by atoms with Gasteiger partial charge in [0.25, 0.3) is 0 Å². The molecule has 0 aliphatic carbocycles. The van der Waals surface area contributed by atoms with Gasteiger partial charge in [-0.2, -0.15) is 13.2 Å². The van der Waals surface area contributed by atoms with Crippen LogP contribution < -0.4 is 0 Å². The van der Waals surface area contributed by atoms with Crippen LogP contribution in [0.4, 0.5) is 13.2 Å². The van der Waals surface area contributed by atoms with E-state index in [1.807, 2.05) is 0 Å². The summed E-state index contributed by atoms with van der Waals surface area (Å²) < 4.78 is 62.3. The lowest BCUT2D eigenvalue weighted by atomic mass is 9.89. The lowest BCUT2D eigenvalue weighted by Crippen LogP contribution is -2.39. The fourth-order valence-electron chi connectivity index (χ4n) is 4.25. The number of benzene rings is 1. The molecule has 1 aromatic rings. The minimum absolute atomic E-state index is 0.00275. The molecule has 4 nitrogen and oxygen atoms in total. The monoisotopic (exact) mass is 417 g/mol. The topological polar surface area (TPSA) is 54.5 Å². The molecule has 0 spiro atoms. The van der Waals surface area contributed by atoms with Gasteiger partial charge in [-0.3, -0.25) is 4.79 Å². The highest BCUT2D eigenvalue weighted by molar-refractivity contribution is 7.91. The number of halogens is 3. The number of nitrogens with zero attached hydrogens (tertiary/aromatic N) is 1. The smallest absolute Gasteiger partial charge is 0.343 e. The third-order valence-corrected chi connectivity index (χ3v) is 7.74. The fourth-order valence-corrected chi connectivity index (χ4v) is 6.12. The van der Waals surface area contributed by atoms with Crippen LogP contribution in [-0.2, 0) is 27.2 Å². The molecule has 1 amide bonds. The van der Waals surface area contributed by atoms with E-state index >= 15 is 0 Å². The van der Waals surface area contributed by atoms with Gasteiger partial charge < -0.3 is 4.90 Å². The average molecular weight is 417 g/mol. The average Bonchev–Trinajstić information content (AvgIpc) is 2.98. The molecular weight excluding hydrogens is 391 g/mol. The highest BCUT2D eigenvalue weighted by Crippen LogP contribution is 2.33. The first-order valence-corrected chi connectivity index (χ1v) is 11.6. The number of likely N-dealkylation sites (tertiary alicyclic amines) is 1. The summed E-state index contributed by atoms with van der Waals surface area (Å²) >= 11 is 0. The van der Waals surface area contributed by atoms with Crippen molar-refractivity contribution in [2.24, 2.45) is 11.8 Å². The van der Waals surface area contributed by atoms with Crippen molar-refractivity contribution < 1.29 is 26.4 Å². The molecule has 0 radical (unpaired) electrons. The van der Waals surface area contributed by atoms with E-state index in [1.54, 1.807) is 11.0 Å². The van der Waals surface area contributed by atoms with Crippen LogP contribution in [0.5, 0.6) is 0 Å². The molecule has 3 rings (SSSR count). The molecule has 0 unspecified atom stereocenters. The number of carbonyl (C=O) groups is 1. The number of alkyl halides is 3. The highest BCUT2D eigenvalue weighted by Gasteiger charge is 2.34. The standard InChI is InChI=1S/C20H26F3NO3S/c21-20(22,23)18-4-2-1-3-17(18)6-5-15-7-10-24(11-8-15)19(25)13-16-9-12-28(26,27)14-16/h1-4,15-16H,5-14H2/t16-/m1/s1. The van der Waals surface area contributed by atoms with Crippen molar-refractivity contribution in [2.75, 3.05) is 24.6 Å². The zero-order chi connectivity index (χ0) is 20.4. The molecule has 0 bridgehead atoms. The van der Waals surface area contributed by atoms with E-state index in [2.05, 4.69) is 0 Å². The van der Waals surface area contributed by atoms with Crippen LogP contribution >= 0.6 is 0 Å². The molecule has 28 heavy (non-hydrogen) atoms. The summed E-state index contributed by atoms with van der Waals surface area (Å²) in [6.45, 7) is 1.20. The Hall–Kier alpha value is -1.57. The Bertz CT molecular complexity index is 799. The Morgan fingerprint density at radius 2 is 1.75 bits per heavy atom. The van der Waals surface area contributed by atoms with E-state index in [9.17, 15) is 26.4 Å². The quantitative estimate of drug-likeness (QED) is 0.734. The van der Waals surface area contributed by atoms with E-state index in [4.69, 9.17) is 0 Å². The number of aryl methyl sites for hydroxylation is 1. The number of sulfone groups is 1. The van der Waals surface area contributed by atoms with Crippen LogP contribution in [0.2, 0.25) is 0 Å². The summed E-state index contributed by atoms with van der Waals surface area (Å²) in [6, 6.07) is 5.71. The van der Waals surface area contributed by atoms with Crippen LogP contribution in [0.1, 0.15) is 43.2 Å². The summed E-state index contributed by atoms with van der Waals surface area (Å²) in [5.41, 5.74) is -0.231. The second-order valence-electron chi connectivity index (χ2n) is 7.99. The van der Waals surface area contributed by atoms with Gasteiger partial charge in [0.05, 0.1) is 17.1 Å². The molecule has 0 aromatic heterocycles. The summed E-state index contributed by atoms with van der Waals surface area (Å²) in [5.74, 6) is 0.509. The van der Waals surface area contributed by atoms with Gasteiger partial charge in [0, 0.05) is 19.5 Å². The van der Waals surface area contributed by atoms with Crippen LogP contribution in [0, 0.1) is 11.8 Å². The number of rotatable bonds is 5. The minimum Gasteiger partial charge on any atom is -0.343 e. The number of carbonyl (C=O) groups excluding carboxylic acids is 1. The van der Waals surface area contributed by atoms with E-state index in [1.165, 1.54) is 12.1 Å². The second-order valence-corrected chi connectivity index (χ2v) is 10.2. The predicted octanol–water partition coefficient (Wildman–Crippen LogP) is 3.70. The summed E-state index contributed by atoms with van der Waals surface area (Å²) in [7, 11) is -2.98. The molecule has 1 atom stereocenters. The first-order chi connectivity index (χ1) is 13.1. The lowest BCUT2D eigenvalue weighted by Gasteiger charge is -2.32. The van der Waals surface area contributed by atoms with Crippen LogP contribution in [0.15, 0.2) is 24.3 Å². The van der Waals surface area contributed by atoms with Gasteiger partial charge >= 0.3 is 6.18 Å². The van der Waals surface area contributed by atoms with Crippen molar-refractivity contribution in [1.29, 1.82) is 0 Å². The minimum atomic E-state index is -4.33. The van der Waals surface area contributed by atoms with Gasteiger partial charge in [0.2, 0.25) is 5.91 Å². The molecular formula is C20H26F3NO3S. The fraction of sp³-hybridized carbons (Fsp3) is 0.650. The lowest BCUT2D eigenvalue weighted by molar-refractivity contribution is -0.138. The molecule has 1 aromatic carbocycles. The number of hydrogen-bond donors (Lipinski definition) is 0. The molecule has 2 heterocycles. The molecule has 2 fully saturated rings. The van der Waals surface area contributed by atoms with Crippen molar-refractivity contribution in [1.82, 2.24) is 4.90 Å². The van der Waals surface area contributed by atoms with Crippen molar-refractivity contribution in [3.8, 4) is 0 Å². The predicted molar refractivity (Wildman–Crippen MR) is 100 cm³/mol. The van der Waals surface area contributed by atoms with Crippen molar-refractivity contribution in [3.63, 3.8) is 0 Å². The Kier molecular flexibility index (Phi) is 6.37. The van der Waals surface area contributed by atoms with Gasteiger partial charge in [-0.05, 0) is 55.6 Å². The SMILES string of the molecule is O=C(C[C@H]1CCS(=O)(=O)C1)N1CCC(CCc2ccccc2C(F)(F)F)CC1. The maximum Gasteiger partial charge on any atom is 0.416 e. The zero-order valence-electron chi connectivity index (χ0n) is 15.7. The van der Waals surface area contributed by atoms with Crippen molar-refractivity contribution in [2.45, 2.75) is 44.7 Å². The zero-order valence-corrected chi connectivity index (χ0v) is 16.6. The first kappa shape index (κ1) is 21.1.